The first-order valence-corrected chi connectivity index (χ1v) is 14.4. The summed E-state index contributed by atoms with van der Waals surface area (Å²) >= 11 is 0. The smallest absolute Gasteiger partial charge is 0.198 e. The third-order valence-corrected chi connectivity index (χ3v) is 7.92. The van der Waals surface area contributed by atoms with Gasteiger partial charge in [-0.15, -0.1) is 0 Å². The fourth-order valence-electron chi connectivity index (χ4n) is 5.54. The predicted molar refractivity (Wildman–Crippen MR) is 168 cm³/mol. The first-order valence-electron chi connectivity index (χ1n) is 14.4. The molecule has 0 saturated carbocycles. The highest BCUT2D eigenvalue weighted by Crippen LogP contribution is 2.31. The third-order valence-electron chi connectivity index (χ3n) is 7.92. The van der Waals surface area contributed by atoms with Crippen molar-refractivity contribution in [2.75, 3.05) is 36.8 Å². The highest BCUT2D eigenvalue weighted by Gasteiger charge is 2.21. The van der Waals surface area contributed by atoms with E-state index < -0.39 is 5.82 Å². The lowest BCUT2D eigenvalue weighted by Crippen LogP contribution is -2.45. The van der Waals surface area contributed by atoms with Crippen molar-refractivity contribution in [3.8, 4) is 34.2 Å². The molecule has 3 N–H and O–H groups in total. The Kier molecular flexibility index (Phi) is 7.31. The van der Waals surface area contributed by atoms with Gasteiger partial charge in [-0.1, -0.05) is 12.1 Å². The minimum atomic E-state index is -0.431. The van der Waals surface area contributed by atoms with Gasteiger partial charge in [-0.2, -0.15) is 0 Å². The molecular weight excluding hydrogens is 573 g/mol. The van der Waals surface area contributed by atoms with Crippen LogP contribution >= 0.6 is 0 Å². The summed E-state index contributed by atoms with van der Waals surface area (Å²) < 4.78 is 15.4. The molecule has 0 spiro atoms. The molecule has 0 radical (unpaired) electrons. The number of aromatic nitrogens is 6. The van der Waals surface area contributed by atoms with Crippen LogP contribution in [0.15, 0.2) is 85.3 Å². The van der Waals surface area contributed by atoms with E-state index in [0.717, 1.165) is 55.9 Å². The van der Waals surface area contributed by atoms with Crippen LogP contribution in [-0.2, 0) is 6.54 Å². The van der Waals surface area contributed by atoms with Crippen LogP contribution in [0, 0.1) is 5.82 Å². The molecule has 0 aliphatic carbocycles. The molecule has 1 aliphatic heterocycles. The number of nitrogens with two attached hydrogens (primary N) is 1. The number of carbonyl (C=O) groups is 1. The summed E-state index contributed by atoms with van der Waals surface area (Å²) in [6.45, 7) is 4.09. The molecular formula is C33H28FN9O2. The molecule has 7 rings (SSSR count). The fourth-order valence-corrected chi connectivity index (χ4v) is 5.54. The normalized spacial score (nSPS) is 13.8. The monoisotopic (exact) mass is 601 g/mol. The van der Waals surface area contributed by atoms with Crippen LogP contribution in [0.3, 0.4) is 0 Å². The lowest BCUT2D eigenvalue weighted by atomic mass is 10.1. The number of halogens is 1. The summed E-state index contributed by atoms with van der Waals surface area (Å²) in [7, 11) is 0. The number of benzene rings is 2. The summed E-state index contributed by atoms with van der Waals surface area (Å²) in [5.74, 6) is 0.454. The molecule has 0 bridgehead atoms. The zero-order valence-electron chi connectivity index (χ0n) is 24.1. The van der Waals surface area contributed by atoms with Gasteiger partial charge in [0.25, 0.3) is 0 Å². The Morgan fingerprint density at radius 1 is 0.867 bits per heavy atom. The number of aldehydes is 1. The van der Waals surface area contributed by atoms with Gasteiger partial charge in [-0.3, -0.25) is 19.2 Å². The Morgan fingerprint density at radius 2 is 1.67 bits per heavy atom. The van der Waals surface area contributed by atoms with Gasteiger partial charge in [-0.05, 0) is 54.1 Å². The van der Waals surface area contributed by atoms with Gasteiger partial charge in [0, 0.05) is 56.4 Å². The molecule has 0 unspecified atom stereocenters. The maximum atomic E-state index is 13.5. The zero-order valence-corrected chi connectivity index (χ0v) is 24.1. The number of piperazine rings is 1. The largest absolute Gasteiger partial charge is 0.507 e. The molecule has 11 nitrogen and oxygen atoms in total. The number of phenolic OH excluding ortho intramolecular Hbond substituents is 1. The molecule has 1 saturated heterocycles. The fraction of sp³-hybridized carbons (Fsp3) is 0.152. The van der Waals surface area contributed by atoms with Crippen LogP contribution in [0.2, 0.25) is 0 Å². The number of phenols is 1. The average Bonchev–Trinajstić information content (AvgIpc) is 3.44. The van der Waals surface area contributed by atoms with Crippen molar-refractivity contribution in [2.24, 2.45) is 0 Å². The van der Waals surface area contributed by atoms with Gasteiger partial charge in [0.05, 0.1) is 29.2 Å². The predicted octanol–water partition coefficient (Wildman–Crippen LogP) is 4.50. The maximum absolute atomic E-state index is 13.5. The lowest BCUT2D eigenvalue weighted by molar-refractivity contribution is 0.112. The van der Waals surface area contributed by atoms with Crippen molar-refractivity contribution >= 4 is 29.1 Å². The van der Waals surface area contributed by atoms with Crippen LogP contribution in [0.1, 0.15) is 15.9 Å². The van der Waals surface area contributed by atoms with Crippen LogP contribution in [-0.4, -0.2) is 72.0 Å². The Bertz CT molecular complexity index is 2000. The van der Waals surface area contributed by atoms with E-state index in [2.05, 4.69) is 36.9 Å². The average molecular weight is 602 g/mol. The van der Waals surface area contributed by atoms with Crippen LogP contribution in [0.5, 0.6) is 5.75 Å². The van der Waals surface area contributed by atoms with E-state index in [9.17, 15) is 14.3 Å². The number of nitrogens with zero attached hydrogens (tertiary/aromatic N) is 8. The molecule has 6 aromatic rings. The highest BCUT2D eigenvalue weighted by molar-refractivity contribution is 5.82. The van der Waals surface area contributed by atoms with Crippen LogP contribution < -0.4 is 10.6 Å². The minimum absolute atomic E-state index is 0.000566. The molecule has 0 amide bonds. The van der Waals surface area contributed by atoms with E-state index >= 15 is 0 Å². The van der Waals surface area contributed by atoms with Crippen molar-refractivity contribution in [3.05, 3.63) is 102 Å². The standard InChI is InChI=1S/C33H28FN9O2/c34-23-6-10-27(37-17-23)28-18-38-31-33(39-28)43(32(40-31)26-2-1-11-36-30(26)35)24-7-3-21(4-8-24)19-41-12-14-42(15-13-41)25-9-5-22(20-44)29(45)16-25/h1-11,16-18,20,45H,12-15,19H2,(H2,35,36). The number of aromatic hydroxyl groups is 1. The quantitative estimate of drug-likeness (QED) is 0.252. The molecule has 12 heteroatoms. The van der Waals surface area contributed by atoms with E-state index in [1.165, 1.54) is 6.07 Å². The highest BCUT2D eigenvalue weighted by atomic mass is 19.1. The maximum Gasteiger partial charge on any atom is 0.198 e. The molecule has 1 aliphatic rings. The van der Waals surface area contributed by atoms with Gasteiger partial charge in [0.1, 0.15) is 23.1 Å². The van der Waals surface area contributed by atoms with Crippen LogP contribution in [0.4, 0.5) is 15.9 Å². The number of hydrogen-bond acceptors (Lipinski definition) is 10. The van der Waals surface area contributed by atoms with E-state index in [-0.39, 0.29) is 11.3 Å². The van der Waals surface area contributed by atoms with Gasteiger partial charge in [-0.25, -0.2) is 24.3 Å². The second kappa shape index (κ2) is 11.7. The van der Waals surface area contributed by atoms with E-state index in [1.807, 2.05) is 28.8 Å². The Hall–Kier alpha value is -5.75. The number of carbonyl (C=O) groups excluding carboxylic acids is 1. The molecule has 224 valence electrons. The summed E-state index contributed by atoms with van der Waals surface area (Å²) in [5.41, 5.74) is 12.0. The lowest BCUT2D eigenvalue weighted by Gasteiger charge is -2.36. The first kappa shape index (κ1) is 28.0. The first-order chi connectivity index (χ1) is 22.0. The summed E-state index contributed by atoms with van der Waals surface area (Å²) in [5, 5.41) is 10.1. The van der Waals surface area contributed by atoms with Crippen molar-refractivity contribution < 1.29 is 14.3 Å². The summed E-state index contributed by atoms with van der Waals surface area (Å²) in [6.07, 6.45) is 5.00. The third kappa shape index (κ3) is 5.54. The molecule has 0 atom stereocenters. The summed E-state index contributed by atoms with van der Waals surface area (Å²) in [6, 6.07) is 19.9. The van der Waals surface area contributed by atoms with Gasteiger partial charge in [0.15, 0.2) is 23.4 Å². The van der Waals surface area contributed by atoms with Crippen LogP contribution in [0.25, 0.3) is 39.8 Å². The number of pyridine rings is 2. The molecule has 45 heavy (non-hydrogen) atoms. The summed E-state index contributed by atoms with van der Waals surface area (Å²) in [4.78, 5) is 38.2. The second-order valence-corrected chi connectivity index (χ2v) is 10.8. The van der Waals surface area contributed by atoms with Gasteiger partial charge >= 0.3 is 0 Å². The zero-order chi connectivity index (χ0) is 30.9. The van der Waals surface area contributed by atoms with Crippen molar-refractivity contribution in [2.45, 2.75) is 6.54 Å². The second-order valence-electron chi connectivity index (χ2n) is 10.8. The van der Waals surface area contributed by atoms with Crippen molar-refractivity contribution in [1.82, 2.24) is 34.4 Å². The van der Waals surface area contributed by atoms with E-state index in [1.54, 1.807) is 36.7 Å². The van der Waals surface area contributed by atoms with Gasteiger partial charge in [0.2, 0.25) is 0 Å². The van der Waals surface area contributed by atoms with E-state index in [0.29, 0.717) is 46.2 Å². The van der Waals surface area contributed by atoms with E-state index in [4.69, 9.17) is 15.7 Å². The topological polar surface area (TPSA) is 139 Å². The number of rotatable bonds is 7. The van der Waals surface area contributed by atoms with Crippen molar-refractivity contribution in [1.29, 1.82) is 0 Å². The minimum Gasteiger partial charge on any atom is -0.507 e. The number of anilines is 2. The molecule has 5 heterocycles. The molecule has 4 aromatic heterocycles. The Morgan fingerprint density at radius 3 is 2.38 bits per heavy atom. The van der Waals surface area contributed by atoms with Gasteiger partial charge < -0.3 is 15.7 Å². The number of fused-ring (bicyclic) bond motifs is 1. The number of nitrogen functional groups attached to an aromatic ring is 1. The van der Waals surface area contributed by atoms with Crippen molar-refractivity contribution in [3.63, 3.8) is 0 Å². The number of hydrogen-bond donors (Lipinski definition) is 2. The molecule has 1 fully saturated rings. The Balaban J connectivity index is 1.15. The number of imidazole rings is 1. The molecule has 2 aromatic carbocycles. The Labute approximate surface area is 257 Å². The SMILES string of the molecule is Nc1ncccc1-c1nc2ncc(-c3ccc(F)cn3)nc2n1-c1ccc(CN2CCN(c3ccc(C=O)c(O)c3)CC2)cc1.